The smallest absolute Gasteiger partial charge is 0.323 e. The summed E-state index contributed by atoms with van der Waals surface area (Å²) in [6.07, 6.45) is 0. The molecule has 0 aliphatic heterocycles. The molecule has 1 heterocycles. The van der Waals surface area contributed by atoms with Crippen LogP contribution in [0.25, 0.3) is 11.0 Å². The quantitative estimate of drug-likeness (QED) is 0.304. The van der Waals surface area contributed by atoms with Gasteiger partial charge in [-0.05, 0) is 42.0 Å². The summed E-state index contributed by atoms with van der Waals surface area (Å²) in [5.74, 6) is 1.06. The van der Waals surface area contributed by atoms with Gasteiger partial charge in [0.1, 0.15) is 6.61 Å². The molecule has 0 aliphatic rings. The zero-order valence-corrected chi connectivity index (χ0v) is 18.7. The highest BCUT2D eigenvalue weighted by atomic mass is 35.5. The number of hydrogen-bond acceptors (Lipinski definition) is 4. The van der Waals surface area contributed by atoms with Crippen LogP contribution in [0.2, 0.25) is 15.1 Å². The third kappa shape index (κ3) is 4.93. The van der Waals surface area contributed by atoms with Crippen molar-refractivity contribution in [1.29, 1.82) is 0 Å². The fourth-order valence-corrected chi connectivity index (χ4v) is 3.80. The standard InChI is InChI=1S/C22H18Cl3N3O3/c1-30-20-6-13(10-26-15-4-5-18-19(8-15)28-22(29)27-18)17(25)9-21(20)31-11-12-2-3-14(23)7-16(12)24/h2-9,26H,10-11H2,1H3,(H2,27,28,29). The van der Waals surface area contributed by atoms with E-state index >= 15 is 0 Å². The topological polar surface area (TPSA) is 79.1 Å². The van der Waals surface area contributed by atoms with E-state index in [1.807, 2.05) is 30.3 Å². The van der Waals surface area contributed by atoms with Crippen molar-refractivity contribution < 1.29 is 9.47 Å². The molecule has 0 bridgehead atoms. The predicted octanol–water partition coefficient (Wildman–Crippen LogP) is 6.02. The largest absolute Gasteiger partial charge is 0.493 e. The first-order chi connectivity index (χ1) is 14.9. The van der Waals surface area contributed by atoms with Crippen molar-refractivity contribution in [3.8, 4) is 11.5 Å². The Hall–Kier alpha value is -2.80. The average molecular weight is 479 g/mol. The highest BCUT2D eigenvalue weighted by molar-refractivity contribution is 6.35. The minimum absolute atomic E-state index is 0.240. The van der Waals surface area contributed by atoms with Crippen LogP contribution in [0.4, 0.5) is 5.69 Å². The highest BCUT2D eigenvalue weighted by Crippen LogP contribution is 2.35. The molecule has 3 N–H and O–H groups in total. The van der Waals surface area contributed by atoms with Crippen molar-refractivity contribution >= 4 is 51.5 Å². The fraction of sp³-hybridized carbons (Fsp3) is 0.136. The number of methoxy groups -OCH3 is 1. The molecule has 1 aromatic heterocycles. The Morgan fingerprint density at radius 3 is 2.42 bits per heavy atom. The third-order valence-electron chi connectivity index (χ3n) is 4.73. The van der Waals surface area contributed by atoms with Gasteiger partial charge in [-0.2, -0.15) is 0 Å². The number of rotatable bonds is 7. The summed E-state index contributed by atoms with van der Waals surface area (Å²) < 4.78 is 11.4. The van der Waals surface area contributed by atoms with Gasteiger partial charge in [0.05, 0.1) is 18.1 Å². The number of ether oxygens (including phenoxy) is 2. The van der Waals surface area contributed by atoms with Crippen molar-refractivity contribution in [3.63, 3.8) is 0 Å². The maximum Gasteiger partial charge on any atom is 0.323 e. The monoisotopic (exact) mass is 477 g/mol. The first kappa shape index (κ1) is 21.4. The predicted molar refractivity (Wildman–Crippen MR) is 125 cm³/mol. The molecule has 3 aromatic carbocycles. The van der Waals surface area contributed by atoms with Gasteiger partial charge >= 0.3 is 5.69 Å². The van der Waals surface area contributed by atoms with Gasteiger partial charge in [0.25, 0.3) is 0 Å². The van der Waals surface area contributed by atoms with Gasteiger partial charge in [0, 0.05) is 38.9 Å². The molecule has 9 heteroatoms. The van der Waals surface area contributed by atoms with E-state index in [9.17, 15) is 4.79 Å². The maximum absolute atomic E-state index is 11.4. The molecule has 0 spiro atoms. The lowest BCUT2D eigenvalue weighted by molar-refractivity contribution is 0.284. The van der Waals surface area contributed by atoms with Gasteiger partial charge in [-0.15, -0.1) is 0 Å². The fourth-order valence-electron chi connectivity index (χ4n) is 3.12. The van der Waals surface area contributed by atoms with Crippen LogP contribution < -0.4 is 20.5 Å². The number of nitrogens with one attached hydrogen (secondary N) is 3. The summed E-state index contributed by atoms with van der Waals surface area (Å²) >= 11 is 18.6. The number of aromatic nitrogens is 2. The van der Waals surface area contributed by atoms with E-state index < -0.39 is 0 Å². The van der Waals surface area contributed by atoms with Crippen LogP contribution in [-0.2, 0) is 13.2 Å². The molecular weight excluding hydrogens is 461 g/mol. The second kappa shape index (κ2) is 9.14. The van der Waals surface area contributed by atoms with E-state index in [4.69, 9.17) is 44.3 Å². The summed E-state index contributed by atoms with van der Waals surface area (Å²) in [5, 5.41) is 4.92. The molecule has 0 radical (unpaired) electrons. The molecular formula is C22H18Cl3N3O3. The second-order valence-electron chi connectivity index (χ2n) is 6.81. The van der Waals surface area contributed by atoms with Crippen molar-refractivity contribution in [3.05, 3.63) is 85.2 Å². The Bertz CT molecular complexity index is 1300. The number of H-pyrrole nitrogens is 2. The molecule has 0 atom stereocenters. The molecule has 0 amide bonds. The number of aromatic amines is 2. The molecule has 0 aliphatic carbocycles. The van der Waals surface area contributed by atoms with Crippen molar-refractivity contribution in [1.82, 2.24) is 9.97 Å². The molecule has 31 heavy (non-hydrogen) atoms. The van der Waals surface area contributed by atoms with Crippen molar-refractivity contribution in [2.24, 2.45) is 0 Å². The maximum atomic E-state index is 11.4. The van der Waals surface area contributed by atoms with E-state index in [1.165, 1.54) is 0 Å². The molecule has 0 unspecified atom stereocenters. The lowest BCUT2D eigenvalue weighted by Gasteiger charge is -2.15. The number of halogens is 3. The zero-order valence-electron chi connectivity index (χ0n) is 16.4. The van der Waals surface area contributed by atoms with E-state index in [0.29, 0.717) is 33.1 Å². The van der Waals surface area contributed by atoms with Crippen LogP contribution in [-0.4, -0.2) is 17.1 Å². The van der Waals surface area contributed by atoms with E-state index in [1.54, 1.807) is 25.3 Å². The van der Waals surface area contributed by atoms with E-state index in [2.05, 4.69) is 15.3 Å². The van der Waals surface area contributed by atoms with Crippen LogP contribution >= 0.6 is 34.8 Å². The van der Waals surface area contributed by atoms with Crippen LogP contribution in [0, 0.1) is 0 Å². The minimum atomic E-state index is -0.240. The Kier molecular flexibility index (Phi) is 6.32. The van der Waals surface area contributed by atoms with Gasteiger partial charge < -0.3 is 24.8 Å². The average Bonchev–Trinajstić information content (AvgIpc) is 3.11. The molecule has 0 saturated carbocycles. The number of imidazole rings is 1. The molecule has 0 saturated heterocycles. The van der Waals surface area contributed by atoms with Crippen LogP contribution in [0.5, 0.6) is 11.5 Å². The summed E-state index contributed by atoms with van der Waals surface area (Å²) in [5.41, 5.74) is 3.71. The van der Waals surface area contributed by atoms with Gasteiger partial charge in [-0.1, -0.05) is 40.9 Å². The third-order valence-corrected chi connectivity index (χ3v) is 5.67. The Balaban J connectivity index is 1.49. The normalized spacial score (nSPS) is 11.0. The summed E-state index contributed by atoms with van der Waals surface area (Å²) in [6.45, 7) is 0.702. The summed E-state index contributed by atoms with van der Waals surface area (Å²) in [4.78, 5) is 16.9. The van der Waals surface area contributed by atoms with Gasteiger partial charge in [0.15, 0.2) is 11.5 Å². The van der Waals surface area contributed by atoms with Crippen LogP contribution in [0.15, 0.2) is 53.3 Å². The van der Waals surface area contributed by atoms with Crippen molar-refractivity contribution in [2.45, 2.75) is 13.2 Å². The van der Waals surface area contributed by atoms with Crippen LogP contribution in [0.1, 0.15) is 11.1 Å². The Labute approximate surface area is 193 Å². The lowest BCUT2D eigenvalue weighted by Crippen LogP contribution is -2.03. The SMILES string of the molecule is COc1cc(CNc2ccc3[nH]c(=O)[nH]c3c2)c(Cl)cc1OCc1ccc(Cl)cc1Cl. The zero-order chi connectivity index (χ0) is 22.0. The number of benzene rings is 3. The summed E-state index contributed by atoms with van der Waals surface area (Å²) in [7, 11) is 1.57. The van der Waals surface area contributed by atoms with E-state index in [-0.39, 0.29) is 12.3 Å². The number of anilines is 1. The first-order valence-electron chi connectivity index (χ1n) is 9.32. The van der Waals surface area contributed by atoms with Gasteiger partial charge in [-0.3, -0.25) is 0 Å². The molecule has 160 valence electrons. The lowest BCUT2D eigenvalue weighted by atomic mass is 10.2. The van der Waals surface area contributed by atoms with Crippen molar-refractivity contribution in [2.75, 3.05) is 12.4 Å². The van der Waals surface area contributed by atoms with Gasteiger partial charge in [-0.25, -0.2) is 4.79 Å². The second-order valence-corrected chi connectivity index (χ2v) is 8.06. The Morgan fingerprint density at radius 2 is 1.65 bits per heavy atom. The minimum Gasteiger partial charge on any atom is -0.493 e. The highest BCUT2D eigenvalue weighted by Gasteiger charge is 2.12. The molecule has 6 nitrogen and oxygen atoms in total. The number of fused-ring (bicyclic) bond motifs is 1. The van der Waals surface area contributed by atoms with Gasteiger partial charge in [0.2, 0.25) is 0 Å². The summed E-state index contributed by atoms with van der Waals surface area (Å²) in [6, 6.07) is 14.3. The van der Waals surface area contributed by atoms with Crippen LogP contribution in [0.3, 0.4) is 0 Å². The van der Waals surface area contributed by atoms with E-state index in [0.717, 1.165) is 27.8 Å². The molecule has 4 rings (SSSR count). The Morgan fingerprint density at radius 1 is 0.871 bits per heavy atom. The molecule has 4 aromatic rings. The number of hydrogen-bond donors (Lipinski definition) is 3. The first-order valence-corrected chi connectivity index (χ1v) is 10.5. The molecule has 0 fully saturated rings.